The molecule has 0 saturated heterocycles. The van der Waals surface area contributed by atoms with Crippen LogP contribution in [0.5, 0.6) is 0 Å². The lowest BCUT2D eigenvalue weighted by Gasteiger charge is -2.18. The minimum Gasteiger partial charge on any atom is -0.462 e. The minimum atomic E-state index is -0.761. The Bertz CT molecular complexity index is 854. The van der Waals surface area contributed by atoms with Gasteiger partial charge in [0, 0.05) is 19.3 Å². The predicted molar refractivity (Wildman–Crippen MR) is 238 cm³/mol. The zero-order valence-electron chi connectivity index (χ0n) is 38.3. The number of hydrogen-bond acceptors (Lipinski definition) is 6. The van der Waals surface area contributed by atoms with E-state index in [0.29, 0.717) is 19.3 Å². The van der Waals surface area contributed by atoms with E-state index in [1.165, 1.54) is 161 Å². The van der Waals surface area contributed by atoms with E-state index in [4.69, 9.17) is 14.2 Å². The minimum absolute atomic E-state index is 0.0646. The Kier molecular flexibility index (Phi) is 41.8. The van der Waals surface area contributed by atoms with Crippen LogP contribution < -0.4 is 0 Å². The Balaban J connectivity index is 4.31. The van der Waals surface area contributed by atoms with Crippen LogP contribution in [0.4, 0.5) is 0 Å². The van der Waals surface area contributed by atoms with Crippen molar-refractivity contribution < 1.29 is 28.6 Å². The van der Waals surface area contributed by atoms with Gasteiger partial charge in [-0.15, -0.1) is 0 Å². The van der Waals surface area contributed by atoms with Gasteiger partial charge in [-0.1, -0.05) is 234 Å². The van der Waals surface area contributed by atoms with E-state index in [1.54, 1.807) is 0 Å². The standard InChI is InChI=1S/C50H96O6/c1-6-7-8-9-10-11-12-13-14-15-16-19-25-30-35-40-48(51)54-43-47(44-55-49(52)41-36-31-26-22-21-24-29-34-39-46(4)5)56-50(53)42-37-32-27-20-17-18-23-28-33-38-45(2)3/h45-47H,6-44H2,1-5H3/t47-/m1/s1. The average Bonchev–Trinajstić information content (AvgIpc) is 3.16. The lowest BCUT2D eigenvalue weighted by atomic mass is 10.0. The summed E-state index contributed by atoms with van der Waals surface area (Å²) in [5.41, 5.74) is 0. The maximum Gasteiger partial charge on any atom is 0.306 e. The Labute approximate surface area is 348 Å². The molecule has 0 aromatic carbocycles. The van der Waals surface area contributed by atoms with Crippen LogP contribution in [0.1, 0.15) is 272 Å². The molecule has 0 amide bonds. The second-order valence-electron chi connectivity index (χ2n) is 18.1. The highest BCUT2D eigenvalue weighted by molar-refractivity contribution is 5.71. The van der Waals surface area contributed by atoms with Gasteiger partial charge in [-0.2, -0.15) is 0 Å². The van der Waals surface area contributed by atoms with Gasteiger partial charge in [0.05, 0.1) is 0 Å². The third-order valence-corrected chi connectivity index (χ3v) is 11.2. The molecule has 0 N–H and O–H groups in total. The highest BCUT2D eigenvalue weighted by Crippen LogP contribution is 2.17. The molecule has 0 saturated carbocycles. The largest absolute Gasteiger partial charge is 0.462 e. The fraction of sp³-hybridized carbons (Fsp3) is 0.940. The smallest absolute Gasteiger partial charge is 0.306 e. The van der Waals surface area contributed by atoms with Gasteiger partial charge >= 0.3 is 17.9 Å². The topological polar surface area (TPSA) is 78.9 Å². The second-order valence-corrected chi connectivity index (χ2v) is 18.1. The fourth-order valence-corrected chi connectivity index (χ4v) is 7.46. The first-order valence-corrected chi connectivity index (χ1v) is 24.7. The van der Waals surface area contributed by atoms with Gasteiger partial charge in [0.25, 0.3) is 0 Å². The first-order chi connectivity index (χ1) is 27.2. The van der Waals surface area contributed by atoms with Crippen molar-refractivity contribution in [3.05, 3.63) is 0 Å². The van der Waals surface area contributed by atoms with Crippen molar-refractivity contribution in [2.45, 2.75) is 278 Å². The summed E-state index contributed by atoms with van der Waals surface area (Å²) in [6.45, 7) is 11.3. The summed E-state index contributed by atoms with van der Waals surface area (Å²) in [5, 5.41) is 0. The van der Waals surface area contributed by atoms with Gasteiger partial charge in [0.1, 0.15) is 13.2 Å². The van der Waals surface area contributed by atoms with Crippen molar-refractivity contribution in [1.82, 2.24) is 0 Å². The van der Waals surface area contributed by atoms with Gasteiger partial charge in [-0.25, -0.2) is 0 Å². The molecular weight excluding hydrogens is 697 g/mol. The molecule has 0 aliphatic rings. The molecule has 0 fully saturated rings. The summed E-state index contributed by atoms with van der Waals surface area (Å²) in [7, 11) is 0. The zero-order valence-corrected chi connectivity index (χ0v) is 38.3. The monoisotopic (exact) mass is 793 g/mol. The van der Waals surface area contributed by atoms with Crippen molar-refractivity contribution in [1.29, 1.82) is 0 Å². The Hall–Kier alpha value is -1.59. The molecule has 0 aromatic rings. The highest BCUT2D eigenvalue weighted by atomic mass is 16.6. The molecule has 0 aliphatic carbocycles. The quantitative estimate of drug-likeness (QED) is 0.0347. The summed E-state index contributed by atoms with van der Waals surface area (Å²) < 4.78 is 16.8. The normalized spacial score (nSPS) is 12.1. The fourth-order valence-electron chi connectivity index (χ4n) is 7.46. The number of rotatable bonds is 44. The molecule has 6 nitrogen and oxygen atoms in total. The molecular formula is C50H96O6. The molecule has 0 spiro atoms. The van der Waals surface area contributed by atoms with E-state index < -0.39 is 6.10 Å². The van der Waals surface area contributed by atoms with E-state index in [0.717, 1.165) is 69.6 Å². The molecule has 0 bridgehead atoms. The van der Waals surface area contributed by atoms with Crippen LogP contribution in [0.25, 0.3) is 0 Å². The SMILES string of the molecule is CCCCCCCCCCCCCCCCCC(=O)OC[C@H](COC(=O)CCCCCCCCCCC(C)C)OC(=O)CCCCCCCCCCCC(C)C. The molecule has 0 rings (SSSR count). The van der Waals surface area contributed by atoms with Gasteiger partial charge < -0.3 is 14.2 Å². The molecule has 1 atom stereocenters. The highest BCUT2D eigenvalue weighted by Gasteiger charge is 2.19. The molecule has 6 heteroatoms. The lowest BCUT2D eigenvalue weighted by molar-refractivity contribution is -0.167. The van der Waals surface area contributed by atoms with Crippen LogP contribution in [0.3, 0.4) is 0 Å². The first kappa shape index (κ1) is 54.4. The lowest BCUT2D eigenvalue weighted by Crippen LogP contribution is -2.30. The molecule has 0 radical (unpaired) electrons. The van der Waals surface area contributed by atoms with Crippen LogP contribution in [-0.2, 0) is 28.6 Å². The maximum atomic E-state index is 12.7. The molecule has 0 unspecified atom stereocenters. The van der Waals surface area contributed by atoms with Gasteiger partial charge in [0.15, 0.2) is 6.10 Å². The molecule has 0 heterocycles. The Morgan fingerprint density at radius 2 is 0.589 bits per heavy atom. The van der Waals surface area contributed by atoms with Crippen LogP contribution in [-0.4, -0.2) is 37.2 Å². The van der Waals surface area contributed by atoms with Gasteiger partial charge in [0.2, 0.25) is 0 Å². The number of esters is 3. The third-order valence-electron chi connectivity index (χ3n) is 11.2. The summed E-state index contributed by atoms with van der Waals surface area (Å²) in [5.74, 6) is 0.748. The van der Waals surface area contributed by atoms with Crippen LogP contribution >= 0.6 is 0 Å². The van der Waals surface area contributed by atoms with Crippen molar-refractivity contribution in [3.8, 4) is 0 Å². The number of carbonyl (C=O) groups is 3. The van der Waals surface area contributed by atoms with E-state index in [1.807, 2.05) is 0 Å². The summed E-state index contributed by atoms with van der Waals surface area (Å²) >= 11 is 0. The molecule has 0 aliphatic heterocycles. The van der Waals surface area contributed by atoms with Gasteiger partial charge in [-0.3, -0.25) is 14.4 Å². The summed E-state index contributed by atoms with van der Waals surface area (Å²) in [6, 6.07) is 0. The van der Waals surface area contributed by atoms with Crippen molar-refractivity contribution in [2.75, 3.05) is 13.2 Å². The zero-order chi connectivity index (χ0) is 41.2. The van der Waals surface area contributed by atoms with E-state index in [2.05, 4.69) is 34.6 Å². The molecule has 56 heavy (non-hydrogen) atoms. The third kappa shape index (κ3) is 43.5. The second kappa shape index (κ2) is 43.0. The number of ether oxygens (including phenoxy) is 3. The number of unbranched alkanes of at least 4 members (excludes halogenated alkanes) is 29. The number of carbonyl (C=O) groups excluding carboxylic acids is 3. The predicted octanol–water partition coefficient (Wildman–Crippen LogP) is 15.8. The Morgan fingerprint density at radius 3 is 0.875 bits per heavy atom. The number of hydrogen-bond donors (Lipinski definition) is 0. The molecule has 332 valence electrons. The van der Waals surface area contributed by atoms with E-state index >= 15 is 0 Å². The van der Waals surface area contributed by atoms with Crippen molar-refractivity contribution >= 4 is 17.9 Å². The van der Waals surface area contributed by atoms with Crippen LogP contribution in [0, 0.1) is 11.8 Å². The molecule has 0 aromatic heterocycles. The Morgan fingerprint density at radius 1 is 0.339 bits per heavy atom. The summed E-state index contributed by atoms with van der Waals surface area (Å²) in [4.78, 5) is 37.8. The average molecular weight is 793 g/mol. The van der Waals surface area contributed by atoms with Crippen LogP contribution in [0.15, 0.2) is 0 Å². The van der Waals surface area contributed by atoms with E-state index in [9.17, 15) is 14.4 Å². The first-order valence-electron chi connectivity index (χ1n) is 24.7. The van der Waals surface area contributed by atoms with Crippen LogP contribution in [0.2, 0.25) is 0 Å². The summed E-state index contributed by atoms with van der Waals surface area (Å²) in [6.07, 6.45) is 42.4. The van der Waals surface area contributed by atoms with E-state index in [-0.39, 0.29) is 31.1 Å². The van der Waals surface area contributed by atoms with Crippen molar-refractivity contribution in [2.24, 2.45) is 11.8 Å². The van der Waals surface area contributed by atoms with Crippen molar-refractivity contribution in [3.63, 3.8) is 0 Å². The maximum absolute atomic E-state index is 12.7. The van der Waals surface area contributed by atoms with Gasteiger partial charge in [-0.05, 0) is 31.1 Å².